The number of anilines is 1. The van der Waals surface area contributed by atoms with Crippen molar-refractivity contribution >= 4 is 15.7 Å². The van der Waals surface area contributed by atoms with Crippen molar-refractivity contribution in [3.8, 4) is 0 Å². The highest BCUT2D eigenvalue weighted by molar-refractivity contribution is 7.89. The van der Waals surface area contributed by atoms with Gasteiger partial charge in [0.1, 0.15) is 0 Å². The van der Waals surface area contributed by atoms with E-state index in [1.54, 1.807) is 32.3 Å². The van der Waals surface area contributed by atoms with Gasteiger partial charge in [-0.1, -0.05) is 6.07 Å². The average molecular weight is 269 g/mol. The Morgan fingerprint density at radius 2 is 1.89 bits per heavy atom. The molecule has 0 aliphatic carbocycles. The van der Waals surface area contributed by atoms with Gasteiger partial charge < -0.3 is 10.2 Å². The summed E-state index contributed by atoms with van der Waals surface area (Å²) in [5, 5.41) is 3.28. The predicted octanol–water partition coefficient (Wildman–Crippen LogP) is 0.347. The first-order valence-electron chi connectivity index (χ1n) is 6.00. The first kappa shape index (κ1) is 13.3. The van der Waals surface area contributed by atoms with E-state index in [0.29, 0.717) is 4.90 Å². The Bertz CT molecular complexity index is 508. The van der Waals surface area contributed by atoms with E-state index in [1.807, 2.05) is 6.07 Å². The third kappa shape index (κ3) is 2.66. The molecule has 1 heterocycles. The highest BCUT2D eigenvalue weighted by atomic mass is 32.2. The normalized spacial score (nSPS) is 17.2. The summed E-state index contributed by atoms with van der Waals surface area (Å²) >= 11 is 0. The molecule has 1 aromatic rings. The molecule has 100 valence electrons. The van der Waals surface area contributed by atoms with Crippen LogP contribution in [-0.2, 0) is 10.0 Å². The molecule has 1 aromatic carbocycles. The van der Waals surface area contributed by atoms with Crippen molar-refractivity contribution in [2.75, 3.05) is 45.2 Å². The van der Waals surface area contributed by atoms with Crippen LogP contribution in [0, 0.1) is 0 Å². The van der Waals surface area contributed by atoms with Gasteiger partial charge >= 0.3 is 0 Å². The minimum absolute atomic E-state index is 0.350. The van der Waals surface area contributed by atoms with Crippen molar-refractivity contribution in [2.45, 2.75) is 4.90 Å². The molecule has 0 spiro atoms. The number of rotatable bonds is 3. The van der Waals surface area contributed by atoms with Crippen LogP contribution in [0.5, 0.6) is 0 Å². The highest BCUT2D eigenvalue weighted by Crippen LogP contribution is 2.21. The van der Waals surface area contributed by atoms with E-state index in [1.165, 1.54) is 4.31 Å². The SMILES string of the molecule is CN(C)S(=O)(=O)c1cccc(N2CCNCC2)c1. The van der Waals surface area contributed by atoms with Crippen LogP contribution in [0.1, 0.15) is 0 Å². The van der Waals surface area contributed by atoms with Crippen molar-refractivity contribution in [3.05, 3.63) is 24.3 Å². The smallest absolute Gasteiger partial charge is 0.242 e. The lowest BCUT2D eigenvalue weighted by Gasteiger charge is -2.29. The maximum absolute atomic E-state index is 12.1. The summed E-state index contributed by atoms with van der Waals surface area (Å²) in [7, 11) is -0.250. The van der Waals surface area contributed by atoms with Gasteiger partial charge in [0.2, 0.25) is 10.0 Å². The fourth-order valence-corrected chi connectivity index (χ4v) is 2.92. The largest absolute Gasteiger partial charge is 0.369 e. The average Bonchev–Trinajstić information content (AvgIpc) is 2.40. The molecule has 18 heavy (non-hydrogen) atoms. The van der Waals surface area contributed by atoms with E-state index >= 15 is 0 Å². The molecule has 1 aliphatic rings. The number of hydrogen-bond acceptors (Lipinski definition) is 4. The van der Waals surface area contributed by atoms with Crippen LogP contribution in [0.3, 0.4) is 0 Å². The lowest BCUT2D eigenvalue weighted by atomic mass is 10.2. The van der Waals surface area contributed by atoms with Crippen LogP contribution in [0.25, 0.3) is 0 Å². The molecule has 0 radical (unpaired) electrons. The molecule has 1 aliphatic heterocycles. The number of benzene rings is 1. The molecule has 0 saturated carbocycles. The minimum atomic E-state index is -3.35. The van der Waals surface area contributed by atoms with Gasteiger partial charge in [-0.15, -0.1) is 0 Å². The monoisotopic (exact) mass is 269 g/mol. The number of sulfonamides is 1. The molecule has 0 aromatic heterocycles. The van der Waals surface area contributed by atoms with Crippen molar-refractivity contribution in [2.24, 2.45) is 0 Å². The van der Waals surface area contributed by atoms with E-state index in [4.69, 9.17) is 0 Å². The van der Waals surface area contributed by atoms with Gasteiger partial charge in [-0.25, -0.2) is 12.7 Å². The zero-order chi connectivity index (χ0) is 13.2. The Kier molecular flexibility index (Phi) is 3.89. The van der Waals surface area contributed by atoms with Gasteiger partial charge in [0, 0.05) is 46.0 Å². The standard InChI is InChI=1S/C12H19N3O2S/c1-14(2)18(16,17)12-5-3-4-11(10-12)15-8-6-13-7-9-15/h3-5,10,13H,6-9H2,1-2H3. The zero-order valence-electron chi connectivity index (χ0n) is 10.8. The van der Waals surface area contributed by atoms with Crippen LogP contribution in [-0.4, -0.2) is 53.0 Å². The van der Waals surface area contributed by atoms with Gasteiger partial charge in [-0.05, 0) is 18.2 Å². The molecule has 0 atom stereocenters. The molecular formula is C12H19N3O2S. The maximum Gasteiger partial charge on any atom is 0.242 e. The molecule has 6 heteroatoms. The van der Waals surface area contributed by atoms with Gasteiger partial charge in [0.25, 0.3) is 0 Å². The third-order valence-electron chi connectivity index (χ3n) is 3.08. The van der Waals surface area contributed by atoms with Crippen LogP contribution >= 0.6 is 0 Å². The first-order valence-corrected chi connectivity index (χ1v) is 7.44. The van der Waals surface area contributed by atoms with Gasteiger partial charge in [-0.2, -0.15) is 0 Å². The Balaban J connectivity index is 2.30. The van der Waals surface area contributed by atoms with E-state index in [0.717, 1.165) is 31.9 Å². The summed E-state index contributed by atoms with van der Waals surface area (Å²) in [6.07, 6.45) is 0. The third-order valence-corrected chi connectivity index (χ3v) is 4.89. The van der Waals surface area contributed by atoms with Crippen molar-refractivity contribution < 1.29 is 8.42 Å². The molecule has 1 saturated heterocycles. The van der Waals surface area contributed by atoms with Crippen LogP contribution < -0.4 is 10.2 Å². The van der Waals surface area contributed by atoms with Crippen molar-refractivity contribution in [1.82, 2.24) is 9.62 Å². The van der Waals surface area contributed by atoms with Crippen molar-refractivity contribution in [3.63, 3.8) is 0 Å². The van der Waals surface area contributed by atoms with E-state index in [-0.39, 0.29) is 0 Å². The predicted molar refractivity (Wildman–Crippen MR) is 72.4 cm³/mol. The summed E-state index contributed by atoms with van der Waals surface area (Å²) in [5.41, 5.74) is 0.972. The second kappa shape index (κ2) is 5.26. The summed E-state index contributed by atoms with van der Waals surface area (Å²) < 4.78 is 25.4. The van der Waals surface area contributed by atoms with Crippen molar-refractivity contribution in [1.29, 1.82) is 0 Å². The van der Waals surface area contributed by atoms with E-state index < -0.39 is 10.0 Å². The summed E-state index contributed by atoms with van der Waals surface area (Å²) in [6.45, 7) is 3.69. The Morgan fingerprint density at radius 3 is 2.50 bits per heavy atom. The number of hydrogen-bond donors (Lipinski definition) is 1. The topological polar surface area (TPSA) is 52.7 Å². The molecular weight excluding hydrogens is 250 g/mol. The first-order chi connectivity index (χ1) is 8.51. The molecule has 0 unspecified atom stereocenters. The Morgan fingerprint density at radius 1 is 1.22 bits per heavy atom. The highest BCUT2D eigenvalue weighted by Gasteiger charge is 2.19. The fourth-order valence-electron chi connectivity index (χ4n) is 1.97. The Labute approximate surface area is 108 Å². The molecule has 0 bridgehead atoms. The minimum Gasteiger partial charge on any atom is -0.369 e. The summed E-state index contributed by atoms with van der Waals surface area (Å²) in [4.78, 5) is 2.55. The van der Waals surface area contributed by atoms with Gasteiger partial charge in [-0.3, -0.25) is 0 Å². The summed E-state index contributed by atoms with van der Waals surface area (Å²) in [5.74, 6) is 0. The molecule has 2 rings (SSSR count). The number of nitrogens with zero attached hydrogens (tertiary/aromatic N) is 2. The fraction of sp³-hybridized carbons (Fsp3) is 0.500. The lowest BCUT2D eigenvalue weighted by molar-refractivity contribution is 0.520. The molecule has 0 amide bonds. The second-order valence-electron chi connectivity index (χ2n) is 4.52. The molecule has 1 fully saturated rings. The van der Waals surface area contributed by atoms with E-state index in [9.17, 15) is 8.42 Å². The Hall–Kier alpha value is -1.11. The maximum atomic E-state index is 12.1. The van der Waals surface area contributed by atoms with Crippen LogP contribution in [0.15, 0.2) is 29.2 Å². The molecule has 1 N–H and O–H groups in total. The van der Waals surface area contributed by atoms with Gasteiger partial charge in [0.15, 0.2) is 0 Å². The van der Waals surface area contributed by atoms with Crippen LogP contribution in [0.2, 0.25) is 0 Å². The van der Waals surface area contributed by atoms with Crippen LogP contribution in [0.4, 0.5) is 5.69 Å². The second-order valence-corrected chi connectivity index (χ2v) is 6.67. The lowest BCUT2D eigenvalue weighted by Crippen LogP contribution is -2.43. The van der Waals surface area contributed by atoms with Gasteiger partial charge in [0.05, 0.1) is 4.90 Å². The summed E-state index contributed by atoms with van der Waals surface area (Å²) in [6, 6.07) is 7.15. The molecule has 5 nitrogen and oxygen atoms in total. The number of piperazine rings is 1. The van der Waals surface area contributed by atoms with E-state index in [2.05, 4.69) is 10.2 Å². The zero-order valence-corrected chi connectivity index (χ0v) is 11.6. The quantitative estimate of drug-likeness (QED) is 0.860. The number of nitrogens with one attached hydrogen (secondary N) is 1.